The van der Waals surface area contributed by atoms with Crippen LogP contribution in [0.5, 0.6) is 0 Å². The standard InChI is InChI=1S/C39H36F4N10O3/c1-38(2,21-53-31(15-33(48-53)39(41,42)43)23-6-9-34(54)49(3)20-23)47-36(55)32(12-22-17-45-50(4)19-22)52-11-10-27-26(7-8-29(40)35(27)37(52)56)28-13-25-18-46-51(5)30(25)14-24(28)16-44/h6-9,13-15,17-20,32H,10-12,21H2,1-5H3,(H,47,55). The minimum atomic E-state index is -4.77. The first kappa shape index (κ1) is 37.7. The largest absolute Gasteiger partial charge is 0.435 e. The molecule has 0 spiro atoms. The lowest BCUT2D eigenvalue weighted by Gasteiger charge is -2.37. The first-order valence-corrected chi connectivity index (χ1v) is 17.5. The number of hydrogen-bond acceptors (Lipinski definition) is 7. The van der Waals surface area contributed by atoms with Crippen LogP contribution in [-0.4, -0.2) is 68.7 Å². The lowest BCUT2D eigenvalue weighted by atomic mass is 9.87. The molecule has 1 atom stereocenters. The molecule has 0 radical (unpaired) electrons. The van der Waals surface area contributed by atoms with Crippen molar-refractivity contribution in [2.24, 2.45) is 21.1 Å². The van der Waals surface area contributed by atoms with Crippen LogP contribution in [0.3, 0.4) is 0 Å². The smallest absolute Gasteiger partial charge is 0.348 e. The molecule has 0 bridgehead atoms. The summed E-state index contributed by atoms with van der Waals surface area (Å²) in [4.78, 5) is 42.1. The molecule has 0 saturated carbocycles. The van der Waals surface area contributed by atoms with Gasteiger partial charge in [0.15, 0.2) is 5.69 Å². The molecule has 56 heavy (non-hydrogen) atoms. The second kappa shape index (κ2) is 13.9. The molecule has 1 aliphatic heterocycles. The summed E-state index contributed by atoms with van der Waals surface area (Å²) >= 11 is 0. The van der Waals surface area contributed by atoms with E-state index in [1.165, 1.54) is 45.6 Å². The van der Waals surface area contributed by atoms with E-state index in [-0.39, 0.29) is 42.7 Å². The Balaban J connectivity index is 1.22. The lowest BCUT2D eigenvalue weighted by molar-refractivity contribution is -0.141. The number of nitriles is 1. The number of alkyl halides is 3. The van der Waals surface area contributed by atoms with E-state index in [0.717, 1.165) is 21.7 Å². The molecular weight excluding hydrogens is 732 g/mol. The highest BCUT2D eigenvalue weighted by Gasteiger charge is 2.40. The number of amides is 2. The van der Waals surface area contributed by atoms with Crippen LogP contribution in [-0.2, 0) is 51.5 Å². The van der Waals surface area contributed by atoms with Crippen LogP contribution < -0.4 is 10.9 Å². The molecule has 0 aliphatic carbocycles. The fraction of sp³-hybridized carbons (Fsp3) is 0.308. The Morgan fingerprint density at radius 2 is 1.77 bits per heavy atom. The van der Waals surface area contributed by atoms with Crippen molar-refractivity contribution < 1.29 is 27.2 Å². The third-order valence-electron chi connectivity index (χ3n) is 9.96. The van der Waals surface area contributed by atoms with Gasteiger partial charge in [-0.2, -0.15) is 33.7 Å². The molecule has 288 valence electrons. The summed E-state index contributed by atoms with van der Waals surface area (Å²) in [6.07, 6.45) is 1.66. The van der Waals surface area contributed by atoms with E-state index in [4.69, 9.17) is 0 Å². The van der Waals surface area contributed by atoms with E-state index < -0.39 is 41.1 Å². The fourth-order valence-electron chi connectivity index (χ4n) is 7.28. The number of halogens is 4. The van der Waals surface area contributed by atoms with Gasteiger partial charge in [-0.15, -0.1) is 0 Å². The van der Waals surface area contributed by atoms with Crippen LogP contribution in [0.15, 0.2) is 72.0 Å². The molecule has 0 fully saturated rings. The zero-order valence-electron chi connectivity index (χ0n) is 31.0. The molecule has 1 N–H and O–H groups in total. The van der Waals surface area contributed by atoms with Crippen LogP contribution in [0.4, 0.5) is 17.6 Å². The Hall–Kier alpha value is -6.57. The van der Waals surface area contributed by atoms with E-state index in [1.807, 2.05) is 0 Å². The summed E-state index contributed by atoms with van der Waals surface area (Å²) in [6, 6.07) is 10.7. The summed E-state index contributed by atoms with van der Waals surface area (Å²) in [5.41, 5.74) is 0.481. The van der Waals surface area contributed by atoms with E-state index in [1.54, 1.807) is 69.4 Å². The number of pyridine rings is 1. The molecule has 7 rings (SSSR count). The van der Waals surface area contributed by atoms with Crippen molar-refractivity contribution >= 4 is 22.7 Å². The van der Waals surface area contributed by atoms with Crippen molar-refractivity contribution in [2.75, 3.05) is 6.54 Å². The number of aromatic nitrogens is 7. The highest BCUT2D eigenvalue weighted by Crippen LogP contribution is 2.37. The zero-order valence-corrected chi connectivity index (χ0v) is 31.0. The SMILES string of the molecule is Cn1cc(CC(C(=O)NC(C)(C)Cn2nc(C(F)(F)F)cc2-c2ccc(=O)n(C)c2)N2CCc3c(-c4cc5cnn(C)c5cc4C#N)ccc(F)c3C2=O)cn1. The molecular formula is C39H36F4N10O3. The normalized spacial score (nSPS) is 13.9. The van der Waals surface area contributed by atoms with Gasteiger partial charge in [-0.05, 0) is 67.3 Å². The maximum absolute atomic E-state index is 15.8. The molecule has 5 heterocycles. The van der Waals surface area contributed by atoms with Gasteiger partial charge in [-0.1, -0.05) is 6.07 Å². The average molecular weight is 769 g/mol. The Bertz CT molecular complexity index is 2640. The Labute approximate surface area is 317 Å². The quantitative estimate of drug-likeness (QED) is 0.209. The third-order valence-corrected chi connectivity index (χ3v) is 9.96. The molecule has 0 saturated heterocycles. The number of aryl methyl sites for hydroxylation is 3. The summed E-state index contributed by atoms with van der Waals surface area (Å²) in [7, 11) is 4.92. The van der Waals surface area contributed by atoms with Gasteiger partial charge in [0.1, 0.15) is 11.9 Å². The van der Waals surface area contributed by atoms with Gasteiger partial charge in [0.2, 0.25) is 11.5 Å². The fourth-order valence-corrected chi connectivity index (χ4v) is 7.28. The van der Waals surface area contributed by atoms with Gasteiger partial charge < -0.3 is 14.8 Å². The van der Waals surface area contributed by atoms with Crippen molar-refractivity contribution in [3.05, 3.63) is 111 Å². The van der Waals surface area contributed by atoms with Gasteiger partial charge in [-0.3, -0.25) is 28.4 Å². The Kier molecular flexibility index (Phi) is 9.39. The molecule has 13 nitrogen and oxygen atoms in total. The summed E-state index contributed by atoms with van der Waals surface area (Å²) in [5, 5.41) is 26.0. The van der Waals surface area contributed by atoms with E-state index in [9.17, 15) is 32.8 Å². The van der Waals surface area contributed by atoms with Crippen molar-refractivity contribution in [3.63, 3.8) is 0 Å². The van der Waals surface area contributed by atoms with Crippen LogP contribution >= 0.6 is 0 Å². The third kappa shape index (κ3) is 7.05. The number of benzene rings is 2. The van der Waals surface area contributed by atoms with E-state index in [0.29, 0.717) is 33.4 Å². The number of nitrogens with one attached hydrogen (secondary N) is 1. The van der Waals surface area contributed by atoms with E-state index >= 15 is 4.39 Å². The number of rotatable bonds is 9. The monoisotopic (exact) mass is 768 g/mol. The topological polar surface area (TPSA) is 149 Å². The van der Waals surface area contributed by atoms with Crippen LogP contribution in [0.25, 0.3) is 33.3 Å². The second-order valence-corrected chi connectivity index (χ2v) is 14.6. The van der Waals surface area contributed by atoms with Gasteiger partial charge in [0.05, 0.1) is 52.9 Å². The summed E-state index contributed by atoms with van der Waals surface area (Å²) in [5.74, 6) is -2.15. The molecule has 6 aromatic rings. The van der Waals surface area contributed by atoms with Crippen LogP contribution in [0.2, 0.25) is 0 Å². The lowest BCUT2D eigenvalue weighted by Crippen LogP contribution is -2.58. The summed E-state index contributed by atoms with van der Waals surface area (Å²) < 4.78 is 63.1. The van der Waals surface area contributed by atoms with Gasteiger partial charge in [0.25, 0.3) is 5.91 Å². The molecule has 1 unspecified atom stereocenters. The minimum Gasteiger partial charge on any atom is -0.348 e. The molecule has 4 aromatic heterocycles. The van der Waals surface area contributed by atoms with Crippen molar-refractivity contribution in [1.82, 2.24) is 44.1 Å². The number of fused-ring (bicyclic) bond motifs is 2. The minimum absolute atomic E-state index is 0.00230. The van der Waals surface area contributed by atoms with Gasteiger partial charge >= 0.3 is 6.18 Å². The van der Waals surface area contributed by atoms with Crippen molar-refractivity contribution in [1.29, 1.82) is 5.26 Å². The Morgan fingerprint density at radius 3 is 2.45 bits per heavy atom. The zero-order chi connectivity index (χ0) is 40.3. The van der Waals surface area contributed by atoms with Crippen molar-refractivity contribution in [3.8, 4) is 28.5 Å². The highest BCUT2D eigenvalue weighted by molar-refractivity contribution is 6.02. The average Bonchev–Trinajstić information content (AvgIpc) is 3.85. The summed E-state index contributed by atoms with van der Waals surface area (Å²) in [6.45, 7) is 3.00. The number of carbonyl (C=O) groups excluding carboxylic acids is 2. The maximum Gasteiger partial charge on any atom is 0.435 e. The van der Waals surface area contributed by atoms with Crippen LogP contribution in [0.1, 0.15) is 46.6 Å². The predicted octanol–water partition coefficient (Wildman–Crippen LogP) is 4.77. The second-order valence-electron chi connectivity index (χ2n) is 14.6. The maximum atomic E-state index is 15.8. The number of carbonyl (C=O) groups is 2. The van der Waals surface area contributed by atoms with Gasteiger partial charge in [0, 0.05) is 69.1 Å². The molecule has 1 aliphatic rings. The van der Waals surface area contributed by atoms with E-state index in [2.05, 4.69) is 26.7 Å². The Morgan fingerprint density at radius 1 is 1.00 bits per heavy atom. The van der Waals surface area contributed by atoms with Gasteiger partial charge in [-0.25, -0.2) is 4.39 Å². The number of hydrogen-bond donors (Lipinski definition) is 1. The molecule has 2 aromatic carbocycles. The first-order valence-electron chi connectivity index (χ1n) is 17.5. The first-order chi connectivity index (χ1) is 26.4. The molecule has 17 heteroatoms. The number of nitrogens with zero attached hydrogens (tertiary/aromatic N) is 9. The highest BCUT2D eigenvalue weighted by atomic mass is 19.4. The van der Waals surface area contributed by atoms with Crippen LogP contribution in [0, 0.1) is 17.1 Å². The molecule has 2 amide bonds. The van der Waals surface area contributed by atoms with Crippen molar-refractivity contribution in [2.45, 2.75) is 51.0 Å². The predicted molar refractivity (Wildman–Crippen MR) is 196 cm³/mol.